The number of allylic oxidation sites excluding steroid dienone is 1. The molecule has 0 radical (unpaired) electrons. The topological polar surface area (TPSA) is 67.8 Å². The molecule has 1 N–H and O–H groups in total. The number of aryl methyl sites for hydroxylation is 2. The van der Waals surface area contributed by atoms with E-state index in [-0.39, 0.29) is 5.78 Å². The van der Waals surface area contributed by atoms with Crippen LogP contribution in [-0.4, -0.2) is 27.3 Å². The van der Waals surface area contributed by atoms with Gasteiger partial charge in [0, 0.05) is 36.6 Å². The average Bonchev–Trinajstić information content (AvgIpc) is 2.64. The highest BCUT2D eigenvalue weighted by atomic mass is 16.1. The summed E-state index contributed by atoms with van der Waals surface area (Å²) in [7, 11) is 0. The Labute approximate surface area is 142 Å². The van der Waals surface area contributed by atoms with Crippen LogP contribution in [0.1, 0.15) is 42.5 Å². The van der Waals surface area contributed by atoms with Crippen molar-refractivity contribution in [3.8, 4) is 0 Å². The van der Waals surface area contributed by atoms with Crippen molar-refractivity contribution in [3.63, 3.8) is 0 Å². The molecule has 1 aliphatic rings. The number of hydrogen-bond acceptors (Lipinski definition) is 5. The van der Waals surface area contributed by atoms with Crippen LogP contribution >= 0.6 is 0 Å². The predicted molar refractivity (Wildman–Crippen MR) is 94.7 cm³/mol. The van der Waals surface area contributed by atoms with Crippen LogP contribution in [0.2, 0.25) is 0 Å². The summed E-state index contributed by atoms with van der Waals surface area (Å²) in [5.74, 6) is 1.18. The number of hydrogen-bond donors (Lipinski definition) is 1. The Balaban J connectivity index is 1.40. The van der Waals surface area contributed by atoms with Gasteiger partial charge >= 0.3 is 0 Å². The maximum atomic E-state index is 11.9. The zero-order chi connectivity index (χ0) is 16.6. The third-order valence-electron chi connectivity index (χ3n) is 4.10. The minimum absolute atomic E-state index is 0.138. The molecular formula is C19H22N4O. The highest BCUT2D eigenvalue weighted by Gasteiger charge is 2.10. The number of fused-ring (bicyclic) bond motifs is 1. The zero-order valence-electron chi connectivity index (χ0n) is 13.7. The molecule has 0 fully saturated rings. The standard InChI is InChI=1S/C19H22N4O/c24-18(10-7-15-12-20-14-21-13-15)6-2-1-5-17-9-8-16-4-3-11-22-19(16)23-17/h7-10,12-14H,1-6,11H2,(H,22,23)/b10-7+. The number of rotatable bonds is 7. The van der Waals surface area contributed by atoms with Crippen molar-refractivity contribution in [3.05, 3.63) is 53.8 Å². The third kappa shape index (κ3) is 4.72. The van der Waals surface area contributed by atoms with Crippen LogP contribution in [0.5, 0.6) is 0 Å². The minimum Gasteiger partial charge on any atom is -0.370 e. The highest BCUT2D eigenvalue weighted by molar-refractivity contribution is 5.93. The molecule has 0 aliphatic carbocycles. The van der Waals surface area contributed by atoms with Gasteiger partial charge in [0.15, 0.2) is 5.78 Å². The molecule has 3 rings (SSSR count). The molecular weight excluding hydrogens is 300 g/mol. The maximum absolute atomic E-state index is 11.9. The second kappa shape index (κ2) is 8.34. The van der Waals surface area contributed by atoms with E-state index in [4.69, 9.17) is 0 Å². The average molecular weight is 322 g/mol. The number of anilines is 1. The summed E-state index contributed by atoms with van der Waals surface area (Å²) in [6.45, 7) is 1.01. The summed E-state index contributed by atoms with van der Waals surface area (Å²) in [5.41, 5.74) is 3.26. The summed E-state index contributed by atoms with van der Waals surface area (Å²) in [6.07, 6.45) is 13.8. The molecule has 1 aliphatic heterocycles. The fourth-order valence-electron chi connectivity index (χ4n) is 2.78. The Kier molecular flexibility index (Phi) is 5.66. The first-order valence-corrected chi connectivity index (χ1v) is 8.50. The molecule has 5 nitrogen and oxygen atoms in total. The Morgan fingerprint density at radius 2 is 2.08 bits per heavy atom. The smallest absolute Gasteiger partial charge is 0.155 e. The first-order valence-electron chi connectivity index (χ1n) is 8.50. The van der Waals surface area contributed by atoms with Gasteiger partial charge in [0.05, 0.1) is 0 Å². The molecule has 0 aromatic carbocycles. The van der Waals surface area contributed by atoms with Crippen molar-refractivity contribution in [2.45, 2.75) is 38.5 Å². The van der Waals surface area contributed by atoms with Gasteiger partial charge < -0.3 is 5.32 Å². The minimum atomic E-state index is 0.138. The third-order valence-corrected chi connectivity index (χ3v) is 4.10. The van der Waals surface area contributed by atoms with Gasteiger partial charge in [-0.05, 0) is 55.9 Å². The Morgan fingerprint density at radius 1 is 1.21 bits per heavy atom. The summed E-state index contributed by atoms with van der Waals surface area (Å²) in [6, 6.07) is 4.29. The van der Waals surface area contributed by atoms with Gasteiger partial charge in [0.1, 0.15) is 12.1 Å². The van der Waals surface area contributed by atoms with E-state index in [1.54, 1.807) is 24.5 Å². The summed E-state index contributed by atoms with van der Waals surface area (Å²) >= 11 is 0. The molecule has 3 heterocycles. The Bertz CT molecular complexity index is 713. The van der Waals surface area contributed by atoms with E-state index in [9.17, 15) is 4.79 Å². The summed E-state index contributed by atoms with van der Waals surface area (Å²) in [5, 5.41) is 3.36. The quantitative estimate of drug-likeness (QED) is 0.626. The van der Waals surface area contributed by atoms with E-state index < -0.39 is 0 Å². The van der Waals surface area contributed by atoms with E-state index in [1.807, 2.05) is 0 Å². The second-order valence-electron chi connectivity index (χ2n) is 6.02. The number of nitrogens with zero attached hydrogens (tertiary/aromatic N) is 3. The predicted octanol–water partition coefficient (Wildman–Crippen LogP) is 3.23. The zero-order valence-corrected chi connectivity index (χ0v) is 13.7. The summed E-state index contributed by atoms with van der Waals surface area (Å²) in [4.78, 5) is 24.4. The van der Waals surface area contributed by atoms with Crippen molar-refractivity contribution in [2.24, 2.45) is 0 Å². The van der Waals surface area contributed by atoms with Crippen LogP contribution in [0.3, 0.4) is 0 Å². The van der Waals surface area contributed by atoms with E-state index in [2.05, 4.69) is 32.4 Å². The van der Waals surface area contributed by atoms with Gasteiger partial charge in [-0.1, -0.05) is 6.07 Å². The fraction of sp³-hybridized carbons (Fsp3) is 0.368. The number of carbonyl (C=O) groups is 1. The molecule has 0 bridgehead atoms. The molecule has 0 spiro atoms. The van der Waals surface area contributed by atoms with Gasteiger partial charge in [-0.2, -0.15) is 0 Å². The van der Waals surface area contributed by atoms with E-state index in [1.165, 1.54) is 18.3 Å². The first kappa shape index (κ1) is 16.3. The number of unbranched alkanes of at least 4 members (excludes halogenated alkanes) is 1. The number of pyridine rings is 1. The van der Waals surface area contributed by atoms with Crippen molar-refractivity contribution < 1.29 is 4.79 Å². The number of ketones is 1. The molecule has 24 heavy (non-hydrogen) atoms. The molecule has 0 unspecified atom stereocenters. The van der Waals surface area contributed by atoms with E-state index in [0.29, 0.717) is 6.42 Å². The van der Waals surface area contributed by atoms with Crippen LogP contribution in [0.4, 0.5) is 5.82 Å². The van der Waals surface area contributed by atoms with Crippen LogP contribution in [0.25, 0.3) is 6.08 Å². The normalized spacial score (nSPS) is 13.5. The van der Waals surface area contributed by atoms with Gasteiger partial charge in [-0.25, -0.2) is 15.0 Å². The van der Waals surface area contributed by atoms with E-state index in [0.717, 1.165) is 49.3 Å². The molecule has 0 saturated heterocycles. The molecule has 5 heteroatoms. The van der Waals surface area contributed by atoms with Gasteiger partial charge in [-0.3, -0.25) is 4.79 Å². The van der Waals surface area contributed by atoms with Gasteiger partial charge in [-0.15, -0.1) is 0 Å². The van der Waals surface area contributed by atoms with Crippen molar-refractivity contribution in [2.75, 3.05) is 11.9 Å². The lowest BCUT2D eigenvalue weighted by Crippen LogP contribution is -2.14. The Hall–Kier alpha value is -2.56. The molecule has 0 saturated carbocycles. The second-order valence-corrected chi connectivity index (χ2v) is 6.02. The van der Waals surface area contributed by atoms with Crippen LogP contribution in [-0.2, 0) is 17.6 Å². The lowest BCUT2D eigenvalue weighted by atomic mass is 10.0. The molecule has 0 atom stereocenters. The molecule has 2 aromatic rings. The lowest BCUT2D eigenvalue weighted by molar-refractivity contribution is -0.114. The van der Waals surface area contributed by atoms with Crippen molar-refractivity contribution >= 4 is 17.7 Å². The maximum Gasteiger partial charge on any atom is 0.155 e. The monoisotopic (exact) mass is 322 g/mol. The van der Waals surface area contributed by atoms with Crippen LogP contribution < -0.4 is 5.32 Å². The fourth-order valence-corrected chi connectivity index (χ4v) is 2.78. The molecule has 2 aromatic heterocycles. The SMILES string of the molecule is O=C(/C=C/c1cncnc1)CCCCc1ccc2c(n1)NCCC2. The van der Waals surface area contributed by atoms with E-state index >= 15 is 0 Å². The lowest BCUT2D eigenvalue weighted by Gasteiger charge is -2.17. The summed E-state index contributed by atoms with van der Waals surface area (Å²) < 4.78 is 0. The number of nitrogens with one attached hydrogen (secondary N) is 1. The highest BCUT2D eigenvalue weighted by Crippen LogP contribution is 2.20. The van der Waals surface area contributed by atoms with Crippen molar-refractivity contribution in [1.82, 2.24) is 15.0 Å². The Morgan fingerprint density at radius 3 is 2.96 bits per heavy atom. The van der Waals surface area contributed by atoms with Gasteiger partial charge in [0.25, 0.3) is 0 Å². The number of carbonyl (C=O) groups excluding carboxylic acids is 1. The van der Waals surface area contributed by atoms with Crippen LogP contribution in [0, 0.1) is 0 Å². The molecule has 0 amide bonds. The molecule has 124 valence electrons. The van der Waals surface area contributed by atoms with Gasteiger partial charge in [0.2, 0.25) is 0 Å². The first-order chi connectivity index (χ1) is 11.8. The van der Waals surface area contributed by atoms with Crippen molar-refractivity contribution in [1.29, 1.82) is 0 Å². The van der Waals surface area contributed by atoms with Crippen LogP contribution in [0.15, 0.2) is 36.9 Å². The number of aromatic nitrogens is 3. The largest absolute Gasteiger partial charge is 0.370 e.